The van der Waals surface area contributed by atoms with Gasteiger partial charge in [0.2, 0.25) is 0 Å². The Morgan fingerprint density at radius 3 is 2.47 bits per heavy atom. The van der Waals surface area contributed by atoms with Gasteiger partial charge in [-0.2, -0.15) is 0 Å². The van der Waals surface area contributed by atoms with Crippen LogP contribution in [-0.4, -0.2) is 22.3 Å². The molecule has 3 nitrogen and oxygen atoms in total. The third-order valence-electron chi connectivity index (χ3n) is 2.27. The molecule has 0 saturated heterocycles. The number of carbonyl (C=O) groups is 1. The van der Waals surface area contributed by atoms with E-state index in [9.17, 15) is 9.90 Å². The van der Waals surface area contributed by atoms with Gasteiger partial charge in [0.15, 0.2) is 0 Å². The van der Waals surface area contributed by atoms with Gasteiger partial charge in [0, 0.05) is 0 Å². The second-order valence-corrected chi connectivity index (χ2v) is 3.36. The van der Waals surface area contributed by atoms with Crippen LogP contribution in [0.5, 0.6) is 0 Å². The summed E-state index contributed by atoms with van der Waals surface area (Å²) in [6.07, 6.45) is 0.549. The molecule has 2 unspecified atom stereocenters. The van der Waals surface area contributed by atoms with Crippen LogP contribution in [0.2, 0.25) is 0 Å². The molecule has 0 radical (unpaired) electrons. The van der Waals surface area contributed by atoms with E-state index in [0.29, 0.717) is 6.42 Å². The largest absolute Gasteiger partial charge is 0.481 e. The number of rotatable bonds is 5. The second kappa shape index (κ2) is 5.32. The normalized spacial score (nSPS) is 14.2. The standard InChI is InChI=1S/C12H14O3/c1-2-11(13)10(12(14)15)8-9-6-4-3-5-7-9/h2-7,10-11,13H,1,8H2,(H,14,15). The molecule has 0 fully saturated rings. The fraction of sp³-hybridized carbons (Fsp3) is 0.250. The highest BCUT2D eigenvalue weighted by molar-refractivity contribution is 5.71. The van der Waals surface area contributed by atoms with Gasteiger partial charge in [0.05, 0.1) is 12.0 Å². The number of aliphatic hydroxyl groups is 1. The van der Waals surface area contributed by atoms with Crippen molar-refractivity contribution >= 4 is 5.97 Å². The maximum absolute atomic E-state index is 10.9. The summed E-state index contributed by atoms with van der Waals surface area (Å²) in [5, 5.41) is 18.4. The minimum Gasteiger partial charge on any atom is -0.481 e. The number of hydrogen-bond acceptors (Lipinski definition) is 2. The molecule has 1 aromatic carbocycles. The number of aliphatic carboxylic acids is 1. The molecule has 0 aliphatic carbocycles. The zero-order valence-corrected chi connectivity index (χ0v) is 8.34. The molecule has 0 bridgehead atoms. The van der Waals surface area contributed by atoms with Gasteiger partial charge in [0.25, 0.3) is 0 Å². The van der Waals surface area contributed by atoms with E-state index >= 15 is 0 Å². The quantitative estimate of drug-likeness (QED) is 0.717. The SMILES string of the molecule is C=CC(O)C(Cc1ccccc1)C(=O)O. The fourth-order valence-corrected chi connectivity index (χ4v) is 1.39. The molecule has 80 valence electrons. The van der Waals surface area contributed by atoms with Crippen molar-refractivity contribution in [2.45, 2.75) is 12.5 Å². The molecule has 0 spiro atoms. The van der Waals surface area contributed by atoms with Gasteiger partial charge in [-0.05, 0) is 12.0 Å². The van der Waals surface area contributed by atoms with E-state index in [1.807, 2.05) is 30.3 Å². The van der Waals surface area contributed by atoms with Gasteiger partial charge >= 0.3 is 5.97 Å². The minimum atomic E-state index is -1.01. The Bertz CT molecular complexity index is 332. The van der Waals surface area contributed by atoms with Gasteiger partial charge in [0.1, 0.15) is 0 Å². The Hall–Kier alpha value is -1.61. The van der Waals surface area contributed by atoms with E-state index in [1.54, 1.807) is 0 Å². The summed E-state index contributed by atoms with van der Waals surface area (Å²) in [5.41, 5.74) is 0.894. The van der Waals surface area contributed by atoms with Gasteiger partial charge < -0.3 is 10.2 Å². The van der Waals surface area contributed by atoms with Crippen LogP contribution >= 0.6 is 0 Å². The van der Waals surface area contributed by atoms with Crippen molar-refractivity contribution in [3.05, 3.63) is 48.6 Å². The molecule has 2 atom stereocenters. The van der Waals surface area contributed by atoms with E-state index in [-0.39, 0.29) is 0 Å². The molecule has 0 aliphatic heterocycles. The first-order valence-corrected chi connectivity index (χ1v) is 4.72. The highest BCUT2D eigenvalue weighted by Gasteiger charge is 2.24. The van der Waals surface area contributed by atoms with Crippen LogP contribution in [0.4, 0.5) is 0 Å². The molecule has 1 aromatic rings. The van der Waals surface area contributed by atoms with Crippen LogP contribution in [0.15, 0.2) is 43.0 Å². The molecule has 0 heterocycles. The minimum absolute atomic E-state index is 0.309. The van der Waals surface area contributed by atoms with Crippen LogP contribution in [-0.2, 0) is 11.2 Å². The summed E-state index contributed by atoms with van der Waals surface area (Å²) >= 11 is 0. The summed E-state index contributed by atoms with van der Waals surface area (Å²) in [7, 11) is 0. The maximum atomic E-state index is 10.9. The van der Waals surface area contributed by atoms with E-state index < -0.39 is 18.0 Å². The Kier molecular flexibility index (Phi) is 4.06. The molecular formula is C12H14O3. The first-order valence-electron chi connectivity index (χ1n) is 4.72. The monoisotopic (exact) mass is 206 g/mol. The fourth-order valence-electron chi connectivity index (χ4n) is 1.39. The smallest absolute Gasteiger partial charge is 0.309 e. The lowest BCUT2D eigenvalue weighted by molar-refractivity contribution is -0.144. The van der Waals surface area contributed by atoms with E-state index in [1.165, 1.54) is 6.08 Å². The third kappa shape index (κ3) is 3.22. The summed E-state index contributed by atoms with van der Waals surface area (Å²) in [5.74, 6) is -1.84. The zero-order chi connectivity index (χ0) is 11.3. The van der Waals surface area contributed by atoms with Crippen molar-refractivity contribution in [1.29, 1.82) is 0 Å². The first kappa shape index (κ1) is 11.5. The van der Waals surface area contributed by atoms with E-state index in [4.69, 9.17) is 5.11 Å². The second-order valence-electron chi connectivity index (χ2n) is 3.36. The Morgan fingerprint density at radius 1 is 1.40 bits per heavy atom. The lowest BCUT2D eigenvalue weighted by atomic mass is 9.94. The number of benzene rings is 1. The molecule has 3 heteroatoms. The summed E-state index contributed by atoms with van der Waals surface area (Å²) < 4.78 is 0. The average Bonchev–Trinajstić information content (AvgIpc) is 2.26. The zero-order valence-electron chi connectivity index (χ0n) is 8.34. The number of carboxylic acids is 1. The molecule has 0 amide bonds. The van der Waals surface area contributed by atoms with Gasteiger partial charge in [-0.3, -0.25) is 4.79 Å². The summed E-state index contributed by atoms with van der Waals surface area (Å²) in [6, 6.07) is 9.23. The van der Waals surface area contributed by atoms with Crippen molar-refractivity contribution in [3.8, 4) is 0 Å². The van der Waals surface area contributed by atoms with E-state index in [0.717, 1.165) is 5.56 Å². The number of hydrogen-bond donors (Lipinski definition) is 2. The number of aliphatic hydroxyl groups excluding tert-OH is 1. The lowest BCUT2D eigenvalue weighted by Crippen LogP contribution is -2.28. The predicted molar refractivity (Wildman–Crippen MR) is 57.5 cm³/mol. The molecule has 0 saturated carbocycles. The lowest BCUT2D eigenvalue weighted by Gasteiger charge is -2.15. The topological polar surface area (TPSA) is 57.5 Å². The Labute approximate surface area is 88.7 Å². The summed E-state index contributed by atoms with van der Waals surface area (Å²) in [6.45, 7) is 3.39. The Morgan fingerprint density at radius 2 is 2.00 bits per heavy atom. The van der Waals surface area contributed by atoms with Crippen molar-refractivity contribution in [3.63, 3.8) is 0 Å². The van der Waals surface area contributed by atoms with Crippen LogP contribution in [0.1, 0.15) is 5.56 Å². The van der Waals surface area contributed by atoms with E-state index in [2.05, 4.69) is 6.58 Å². The van der Waals surface area contributed by atoms with Crippen molar-refractivity contribution in [2.24, 2.45) is 5.92 Å². The molecule has 15 heavy (non-hydrogen) atoms. The van der Waals surface area contributed by atoms with Crippen molar-refractivity contribution in [2.75, 3.05) is 0 Å². The van der Waals surface area contributed by atoms with Crippen molar-refractivity contribution < 1.29 is 15.0 Å². The highest BCUT2D eigenvalue weighted by atomic mass is 16.4. The molecule has 0 aliphatic rings. The maximum Gasteiger partial charge on any atom is 0.309 e. The molecule has 2 N–H and O–H groups in total. The molecule has 1 rings (SSSR count). The average molecular weight is 206 g/mol. The van der Waals surface area contributed by atoms with Crippen molar-refractivity contribution in [1.82, 2.24) is 0 Å². The van der Waals surface area contributed by atoms with Gasteiger partial charge in [-0.1, -0.05) is 36.4 Å². The predicted octanol–water partition coefficient (Wildman–Crippen LogP) is 1.48. The van der Waals surface area contributed by atoms with Gasteiger partial charge in [-0.25, -0.2) is 0 Å². The third-order valence-corrected chi connectivity index (χ3v) is 2.27. The molecule has 0 aromatic heterocycles. The van der Waals surface area contributed by atoms with Crippen LogP contribution < -0.4 is 0 Å². The van der Waals surface area contributed by atoms with Crippen LogP contribution in [0.3, 0.4) is 0 Å². The molecular weight excluding hydrogens is 192 g/mol. The first-order chi connectivity index (χ1) is 7.15. The highest BCUT2D eigenvalue weighted by Crippen LogP contribution is 2.13. The summed E-state index contributed by atoms with van der Waals surface area (Å²) in [4.78, 5) is 10.9. The van der Waals surface area contributed by atoms with Crippen LogP contribution in [0, 0.1) is 5.92 Å². The van der Waals surface area contributed by atoms with Crippen LogP contribution in [0.25, 0.3) is 0 Å². The number of carboxylic acid groups (broad SMARTS) is 1. The van der Waals surface area contributed by atoms with Gasteiger partial charge in [-0.15, -0.1) is 6.58 Å². The Balaban J connectivity index is 2.76.